The molecule has 0 spiro atoms. The van der Waals surface area contributed by atoms with Gasteiger partial charge >= 0.3 is 0 Å². The molecule has 1 aliphatic heterocycles. The van der Waals surface area contributed by atoms with Crippen molar-refractivity contribution in [2.45, 2.75) is 53.1 Å². The number of aromatic nitrogens is 1. The molecule has 1 saturated heterocycles. The first-order chi connectivity index (χ1) is 14.7. The Balaban J connectivity index is 0.000000501. The van der Waals surface area contributed by atoms with E-state index in [1.165, 1.54) is 11.3 Å². The van der Waals surface area contributed by atoms with Crippen molar-refractivity contribution < 1.29 is 19.0 Å². The number of nitrogens with zero attached hydrogens (tertiary/aromatic N) is 2. The van der Waals surface area contributed by atoms with E-state index in [9.17, 15) is 4.79 Å². The highest BCUT2D eigenvalue weighted by atomic mass is 32.1. The van der Waals surface area contributed by atoms with E-state index in [1.54, 1.807) is 7.11 Å². The number of thiophene rings is 1. The average molecular weight is 452 g/mol. The number of fused-ring (bicyclic) bond motifs is 1. The fourth-order valence-electron chi connectivity index (χ4n) is 3.21. The molecule has 0 aromatic carbocycles. The van der Waals surface area contributed by atoms with Crippen molar-refractivity contribution in [3.8, 4) is 5.75 Å². The summed E-state index contributed by atoms with van der Waals surface area (Å²) in [6, 6.07) is 0. The molecule has 2 aromatic heterocycles. The van der Waals surface area contributed by atoms with E-state index in [0.29, 0.717) is 17.2 Å². The fourth-order valence-corrected chi connectivity index (χ4v) is 4.20. The summed E-state index contributed by atoms with van der Waals surface area (Å²) in [4.78, 5) is 19.6. The van der Waals surface area contributed by atoms with Crippen LogP contribution in [-0.2, 0) is 15.9 Å². The van der Waals surface area contributed by atoms with Crippen molar-refractivity contribution >= 4 is 33.5 Å². The molecule has 7 nitrogen and oxygen atoms in total. The number of aldehydes is 1. The predicted octanol–water partition coefficient (Wildman–Crippen LogP) is 4.09. The SMILES string of the molecule is CCc1nc2sc(C=O)c(N)c2c(C)c1OCCN1CCCOCC1.COC(C)(C)C. The van der Waals surface area contributed by atoms with Crippen molar-refractivity contribution in [3.05, 3.63) is 16.1 Å². The molecule has 174 valence electrons. The number of hydrogen-bond acceptors (Lipinski definition) is 8. The molecule has 0 amide bonds. The summed E-state index contributed by atoms with van der Waals surface area (Å²) in [6.45, 7) is 15.2. The maximum absolute atomic E-state index is 11.2. The van der Waals surface area contributed by atoms with Gasteiger partial charge in [0, 0.05) is 44.3 Å². The molecular weight excluding hydrogens is 414 g/mol. The van der Waals surface area contributed by atoms with Gasteiger partial charge in [0.05, 0.1) is 28.5 Å². The van der Waals surface area contributed by atoms with Crippen molar-refractivity contribution in [2.75, 3.05) is 52.3 Å². The van der Waals surface area contributed by atoms with E-state index in [0.717, 1.165) is 79.2 Å². The minimum absolute atomic E-state index is 0.0417. The van der Waals surface area contributed by atoms with Gasteiger partial charge in [-0.2, -0.15) is 0 Å². The minimum atomic E-state index is 0.0417. The van der Waals surface area contributed by atoms with Crippen LogP contribution in [0.1, 0.15) is 55.0 Å². The van der Waals surface area contributed by atoms with Crippen LogP contribution in [0.5, 0.6) is 5.75 Å². The van der Waals surface area contributed by atoms with E-state index in [1.807, 2.05) is 27.7 Å². The molecule has 1 fully saturated rings. The smallest absolute Gasteiger partial charge is 0.162 e. The molecule has 0 aliphatic carbocycles. The highest BCUT2D eigenvalue weighted by molar-refractivity contribution is 7.20. The van der Waals surface area contributed by atoms with E-state index in [4.69, 9.17) is 19.9 Å². The number of ether oxygens (including phenoxy) is 3. The number of carbonyl (C=O) groups excluding carboxylic acids is 1. The van der Waals surface area contributed by atoms with Gasteiger partial charge in [-0.25, -0.2) is 4.98 Å². The topological polar surface area (TPSA) is 86.9 Å². The van der Waals surface area contributed by atoms with E-state index < -0.39 is 0 Å². The number of anilines is 1. The van der Waals surface area contributed by atoms with Crippen LogP contribution in [0.15, 0.2) is 0 Å². The number of carbonyl (C=O) groups is 1. The van der Waals surface area contributed by atoms with Gasteiger partial charge in [-0.15, -0.1) is 11.3 Å². The Bertz CT molecular complexity index is 853. The van der Waals surface area contributed by atoms with Gasteiger partial charge in [-0.1, -0.05) is 6.92 Å². The Morgan fingerprint density at radius 1 is 1.29 bits per heavy atom. The quantitative estimate of drug-likeness (QED) is 0.662. The molecule has 3 heterocycles. The van der Waals surface area contributed by atoms with Gasteiger partial charge in [0.25, 0.3) is 0 Å². The first kappa shape index (κ1) is 25.5. The predicted molar refractivity (Wildman–Crippen MR) is 128 cm³/mol. The third kappa shape index (κ3) is 7.14. The van der Waals surface area contributed by atoms with Crippen molar-refractivity contribution in [1.82, 2.24) is 9.88 Å². The Hall–Kier alpha value is -1.74. The Kier molecular flexibility index (Phi) is 9.68. The fraction of sp³-hybridized carbons (Fsp3) is 0.652. The highest BCUT2D eigenvalue weighted by Crippen LogP contribution is 2.39. The number of hydrogen-bond donors (Lipinski definition) is 1. The van der Waals surface area contributed by atoms with Crippen LogP contribution < -0.4 is 10.5 Å². The molecule has 0 radical (unpaired) electrons. The third-order valence-corrected chi connectivity index (χ3v) is 6.22. The zero-order valence-corrected chi connectivity index (χ0v) is 20.6. The van der Waals surface area contributed by atoms with Crippen LogP contribution in [0, 0.1) is 6.92 Å². The molecule has 1 aliphatic rings. The van der Waals surface area contributed by atoms with Crippen LogP contribution in [-0.4, -0.2) is 68.3 Å². The number of pyridine rings is 1. The maximum Gasteiger partial charge on any atom is 0.162 e. The number of nitrogens with two attached hydrogens (primary N) is 1. The van der Waals surface area contributed by atoms with Crippen LogP contribution >= 0.6 is 11.3 Å². The zero-order valence-electron chi connectivity index (χ0n) is 19.7. The molecule has 0 bridgehead atoms. The second-order valence-electron chi connectivity index (χ2n) is 8.52. The normalized spacial score (nSPS) is 15.3. The minimum Gasteiger partial charge on any atom is -0.490 e. The molecule has 8 heteroatoms. The average Bonchev–Trinajstić information content (AvgIpc) is 2.89. The van der Waals surface area contributed by atoms with Crippen LogP contribution in [0.3, 0.4) is 0 Å². The largest absolute Gasteiger partial charge is 0.490 e. The molecule has 3 rings (SSSR count). The highest BCUT2D eigenvalue weighted by Gasteiger charge is 2.19. The molecule has 2 aromatic rings. The lowest BCUT2D eigenvalue weighted by molar-refractivity contribution is 0.0397. The Morgan fingerprint density at radius 3 is 2.61 bits per heavy atom. The summed E-state index contributed by atoms with van der Waals surface area (Å²) in [5, 5.41) is 0.850. The lowest BCUT2D eigenvalue weighted by Gasteiger charge is -2.20. The van der Waals surface area contributed by atoms with Gasteiger partial charge in [-0.05, 0) is 40.5 Å². The van der Waals surface area contributed by atoms with E-state index >= 15 is 0 Å². The lowest BCUT2D eigenvalue weighted by atomic mass is 10.1. The Labute approximate surface area is 189 Å². The first-order valence-electron chi connectivity index (χ1n) is 10.9. The number of rotatable bonds is 6. The van der Waals surface area contributed by atoms with Gasteiger partial charge in [0.1, 0.15) is 17.2 Å². The zero-order chi connectivity index (χ0) is 23.0. The first-order valence-corrected chi connectivity index (χ1v) is 11.7. The summed E-state index contributed by atoms with van der Waals surface area (Å²) < 4.78 is 16.5. The summed E-state index contributed by atoms with van der Waals surface area (Å²) in [5.41, 5.74) is 8.58. The van der Waals surface area contributed by atoms with Gasteiger partial charge < -0.3 is 19.9 Å². The molecule has 0 atom stereocenters. The van der Waals surface area contributed by atoms with Crippen LogP contribution in [0.2, 0.25) is 0 Å². The standard InChI is InChI=1S/C18H25N3O3S.C5H12O/c1-3-13-17(24-10-7-21-5-4-8-23-9-6-21)12(2)15-16(19)14(11-22)25-18(15)20-13;1-5(2,3)6-4/h11H,3-10,19H2,1-2H3;1-4H3. The summed E-state index contributed by atoms with van der Waals surface area (Å²) >= 11 is 1.34. The molecule has 0 saturated carbocycles. The van der Waals surface area contributed by atoms with Crippen molar-refractivity contribution in [1.29, 1.82) is 0 Å². The number of nitrogen functional groups attached to an aromatic ring is 1. The molecular formula is C23H37N3O4S. The molecule has 31 heavy (non-hydrogen) atoms. The van der Waals surface area contributed by atoms with Crippen molar-refractivity contribution in [2.24, 2.45) is 0 Å². The van der Waals surface area contributed by atoms with Crippen LogP contribution in [0.4, 0.5) is 5.69 Å². The molecule has 2 N–H and O–H groups in total. The number of aryl methyl sites for hydroxylation is 2. The van der Waals surface area contributed by atoms with Gasteiger partial charge in [-0.3, -0.25) is 9.69 Å². The second kappa shape index (κ2) is 11.8. The van der Waals surface area contributed by atoms with E-state index in [2.05, 4.69) is 16.8 Å². The second-order valence-corrected chi connectivity index (χ2v) is 9.55. The maximum atomic E-state index is 11.2. The number of methoxy groups -OCH3 is 1. The van der Waals surface area contributed by atoms with Crippen molar-refractivity contribution in [3.63, 3.8) is 0 Å². The summed E-state index contributed by atoms with van der Waals surface area (Å²) in [6.07, 6.45) is 2.64. The molecule has 0 unspecified atom stereocenters. The Morgan fingerprint density at radius 2 is 2.00 bits per heavy atom. The van der Waals surface area contributed by atoms with E-state index in [-0.39, 0.29) is 5.60 Å². The summed E-state index contributed by atoms with van der Waals surface area (Å²) in [7, 11) is 1.71. The van der Waals surface area contributed by atoms with Gasteiger partial charge in [0.2, 0.25) is 0 Å². The lowest BCUT2D eigenvalue weighted by Crippen LogP contribution is -2.30. The van der Waals surface area contributed by atoms with Crippen LogP contribution in [0.25, 0.3) is 10.2 Å². The summed E-state index contributed by atoms with van der Waals surface area (Å²) in [5.74, 6) is 0.808. The monoisotopic (exact) mass is 451 g/mol. The van der Waals surface area contributed by atoms with Gasteiger partial charge in [0.15, 0.2) is 6.29 Å². The third-order valence-electron chi connectivity index (χ3n) is 5.19.